The second-order valence-corrected chi connectivity index (χ2v) is 12.3. The summed E-state index contributed by atoms with van der Waals surface area (Å²) < 4.78 is 27.4. The zero-order valence-electron chi connectivity index (χ0n) is 18.1. The lowest BCUT2D eigenvalue weighted by atomic mass is 10.1. The largest absolute Gasteiger partial charge is 0.301 e. The molecule has 0 aliphatic carbocycles. The van der Waals surface area contributed by atoms with Crippen molar-refractivity contribution in [2.24, 2.45) is 0 Å². The number of non-ortho nitro benzene ring substituents is 1. The highest BCUT2D eigenvalue weighted by molar-refractivity contribution is 8.00. The van der Waals surface area contributed by atoms with Gasteiger partial charge in [-0.05, 0) is 42.6 Å². The molecule has 180 valence electrons. The number of hydrogen-bond acceptors (Lipinski definition) is 9. The zero-order chi connectivity index (χ0) is 25.0. The minimum Gasteiger partial charge on any atom is -0.301 e. The summed E-state index contributed by atoms with van der Waals surface area (Å²) in [5.41, 5.74) is 1.52. The van der Waals surface area contributed by atoms with Crippen LogP contribution in [-0.4, -0.2) is 29.5 Å². The van der Waals surface area contributed by atoms with Crippen molar-refractivity contribution in [3.63, 3.8) is 0 Å². The summed E-state index contributed by atoms with van der Waals surface area (Å²) in [6.45, 7) is 1.75. The Kier molecular flexibility index (Phi) is 7.50. The van der Waals surface area contributed by atoms with Crippen molar-refractivity contribution >= 4 is 66.9 Å². The lowest BCUT2D eigenvalue weighted by Gasteiger charge is -2.11. The molecule has 2 aromatic heterocycles. The number of amides is 1. The van der Waals surface area contributed by atoms with E-state index in [-0.39, 0.29) is 15.8 Å². The van der Waals surface area contributed by atoms with E-state index < -0.39 is 20.2 Å². The van der Waals surface area contributed by atoms with E-state index in [1.807, 2.05) is 0 Å². The highest BCUT2D eigenvalue weighted by Gasteiger charge is 2.18. The molecule has 0 saturated heterocycles. The van der Waals surface area contributed by atoms with Crippen LogP contribution < -0.4 is 10.0 Å². The second-order valence-electron chi connectivity index (χ2n) is 7.16. The van der Waals surface area contributed by atoms with Gasteiger partial charge in [0.2, 0.25) is 5.91 Å². The quantitative estimate of drug-likeness (QED) is 0.156. The molecule has 9 nitrogen and oxygen atoms in total. The molecule has 13 heteroatoms. The van der Waals surface area contributed by atoms with Crippen LogP contribution in [0.15, 0.2) is 80.5 Å². The van der Waals surface area contributed by atoms with E-state index in [2.05, 4.69) is 15.0 Å². The van der Waals surface area contributed by atoms with E-state index in [4.69, 9.17) is 0 Å². The van der Waals surface area contributed by atoms with Crippen LogP contribution in [0.1, 0.15) is 6.92 Å². The number of hydrogen-bond donors (Lipinski definition) is 2. The monoisotopic (exact) mass is 546 g/mol. The van der Waals surface area contributed by atoms with Gasteiger partial charge >= 0.3 is 0 Å². The minimum atomic E-state index is -3.62. The van der Waals surface area contributed by atoms with Gasteiger partial charge in [0.1, 0.15) is 4.21 Å². The van der Waals surface area contributed by atoms with Crippen LogP contribution in [0, 0.1) is 10.1 Å². The third-order valence-corrected chi connectivity index (χ3v) is 9.28. The average Bonchev–Trinajstić information content (AvgIpc) is 3.53. The lowest BCUT2D eigenvalue weighted by Crippen LogP contribution is -2.22. The first-order valence-electron chi connectivity index (χ1n) is 10.1. The summed E-state index contributed by atoms with van der Waals surface area (Å²) in [5, 5.41) is 17.1. The molecule has 2 aromatic carbocycles. The van der Waals surface area contributed by atoms with Gasteiger partial charge in [-0.3, -0.25) is 19.6 Å². The Morgan fingerprint density at radius 3 is 2.57 bits per heavy atom. The van der Waals surface area contributed by atoms with E-state index in [0.717, 1.165) is 16.2 Å². The van der Waals surface area contributed by atoms with Crippen LogP contribution in [0.3, 0.4) is 0 Å². The molecule has 1 amide bonds. The number of nitrogens with zero attached hydrogens (tertiary/aromatic N) is 2. The molecule has 0 fully saturated rings. The maximum atomic E-state index is 12.6. The van der Waals surface area contributed by atoms with Gasteiger partial charge in [-0.1, -0.05) is 18.2 Å². The van der Waals surface area contributed by atoms with Crippen LogP contribution in [0.5, 0.6) is 0 Å². The minimum absolute atomic E-state index is 0.0311. The molecule has 0 radical (unpaired) electrons. The van der Waals surface area contributed by atoms with Crippen molar-refractivity contribution in [3.8, 4) is 11.3 Å². The van der Waals surface area contributed by atoms with Gasteiger partial charge in [-0.2, -0.15) is 0 Å². The molecule has 35 heavy (non-hydrogen) atoms. The molecule has 4 rings (SSSR count). The maximum Gasteiger partial charge on any atom is 0.271 e. The van der Waals surface area contributed by atoms with Crippen molar-refractivity contribution in [2.75, 3.05) is 10.0 Å². The predicted molar refractivity (Wildman–Crippen MR) is 140 cm³/mol. The van der Waals surface area contributed by atoms with Crippen LogP contribution in [0.25, 0.3) is 11.3 Å². The molecule has 0 aliphatic rings. The Labute approximate surface area is 213 Å². The number of carbonyl (C=O) groups is 1. The van der Waals surface area contributed by atoms with Gasteiger partial charge in [0.05, 0.1) is 15.9 Å². The predicted octanol–water partition coefficient (Wildman–Crippen LogP) is 5.70. The number of thioether (sulfide) groups is 1. The van der Waals surface area contributed by atoms with Gasteiger partial charge in [-0.15, -0.1) is 34.4 Å². The van der Waals surface area contributed by atoms with E-state index in [1.165, 1.54) is 41.3 Å². The first kappa shape index (κ1) is 24.9. The number of thiophene rings is 1. The maximum absolute atomic E-state index is 12.6. The first-order chi connectivity index (χ1) is 16.7. The van der Waals surface area contributed by atoms with Crippen molar-refractivity contribution < 1.29 is 18.1 Å². The number of nitrogens with one attached hydrogen (secondary N) is 2. The highest BCUT2D eigenvalue weighted by atomic mass is 32.2. The highest BCUT2D eigenvalue weighted by Crippen LogP contribution is 2.30. The molecule has 1 unspecified atom stereocenters. The Balaban J connectivity index is 1.35. The zero-order valence-corrected chi connectivity index (χ0v) is 21.3. The molecule has 0 bridgehead atoms. The summed E-state index contributed by atoms with van der Waals surface area (Å²) in [7, 11) is -3.62. The van der Waals surface area contributed by atoms with Gasteiger partial charge in [0, 0.05) is 33.7 Å². The van der Waals surface area contributed by atoms with Crippen LogP contribution in [0.2, 0.25) is 0 Å². The van der Waals surface area contributed by atoms with E-state index in [1.54, 1.807) is 60.1 Å². The van der Waals surface area contributed by atoms with E-state index in [9.17, 15) is 23.3 Å². The number of thiazole rings is 1. The van der Waals surface area contributed by atoms with Crippen LogP contribution in [-0.2, 0) is 14.8 Å². The van der Waals surface area contributed by atoms with Crippen LogP contribution >= 0.6 is 34.4 Å². The fourth-order valence-corrected chi connectivity index (χ4v) is 6.57. The Hall–Kier alpha value is -3.26. The number of rotatable bonds is 9. The van der Waals surface area contributed by atoms with Gasteiger partial charge in [0.15, 0.2) is 5.13 Å². The summed E-state index contributed by atoms with van der Waals surface area (Å²) in [6.07, 6.45) is 0. The number of carbonyl (C=O) groups excluding carboxylic acids is 1. The third-order valence-electron chi connectivity index (χ3n) is 4.64. The Morgan fingerprint density at radius 1 is 1.11 bits per heavy atom. The van der Waals surface area contributed by atoms with E-state index in [0.29, 0.717) is 22.1 Å². The average molecular weight is 547 g/mol. The topological polar surface area (TPSA) is 131 Å². The van der Waals surface area contributed by atoms with E-state index >= 15 is 0 Å². The number of anilines is 2. The molecule has 2 N–H and O–H groups in total. The third kappa shape index (κ3) is 6.25. The summed E-state index contributed by atoms with van der Waals surface area (Å²) >= 11 is 3.68. The molecule has 0 aliphatic heterocycles. The number of sulfonamides is 1. The van der Waals surface area contributed by atoms with Gasteiger partial charge in [-0.25, -0.2) is 13.4 Å². The fourth-order valence-electron chi connectivity index (χ4n) is 2.93. The molecule has 4 aromatic rings. The van der Waals surface area contributed by atoms with Crippen LogP contribution in [0.4, 0.5) is 16.5 Å². The first-order valence-corrected chi connectivity index (χ1v) is 14.2. The summed E-state index contributed by atoms with van der Waals surface area (Å²) in [5.74, 6) is -0.252. The fraction of sp³-hybridized carbons (Fsp3) is 0.0909. The molecule has 0 spiro atoms. The lowest BCUT2D eigenvalue weighted by molar-refractivity contribution is -0.384. The Bertz CT molecular complexity index is 1450. The van der Waals surface area contributed by atoms with Crippen molar-refractivity contribution in [2.45, 2.75) is 21.3 Å². The van der Waals surface area contributed by atoms with Crippen molar-refractivity contribution in [3.05, 3.63) is 81.5 Å². The standard InChI is InChI=1S/C22H18N4O5S4/c1-14(34-18-9-7-16(8-10-18)25-35(30,31)20-6-3-11-32-20)21(27)24-22-23-19(13-33-22)15-4-2-5-17(12-15)26(28)29/h2-14,25H,1H3,(H,23,24,27). The Morgan fingerprint density at radius 2 is 1.89 bits per heavy atom. The SMILES string of the molecule is CC(Sc1ccc(NS(=O)(=O)c2cccs2)cc1)C(=O)Nc1nc(-c2cccc([N+](=O)[O-])c2)cs1. The van der Waals surface area contributed by atoms with Gasteiger partial charge in [0.25, 0.3) is 15.7 Å². The van der Waals surface area contributed by atoms with Crippen molar-refractivity contribution in [1.82, 2.24) is 4.98 Å². The number of aromatic nitrogens is 1. The molecule has 0 saturated carbocycles. The molecular weight excluding hydrogens is 529 g/mol. The molecule has 2 heterocycles. The number of nitro groups is 1. The molecular formula is C22H18N4O5S4. The second kappa shape index (κ2) is 10.6. The normalized spacial score (nSPS) is 12.1. The number of benzene rings is 2. The smallest absolute Gasteiger partial charge is 0.271 e. The van der Waals surface area contributed by atoms with Crippen molar-refractivity contribution in [1.29, 1.82) is 0 Å². The van der Waals surface area contributed by atoms with Gasteiger partial charge < -0.3 is 5.32 Å². The summed E-state index contributed by atoms with van der Waals surface area (Å²) in [6, 6.07) is 16.1. The number of nitro benzene ring substituents is 1. The summed E-state index contributed by atoms with van der Waals surface area (Å²) in [4.78, 5) is 28.3. The molecule has 1 atom stereocenters.